The molecular weight excluding hydrogens is 673 g/mol. The standard InChI is InChI=1S/C33H38Cl3N3O6S/c1-4-29(33(41)37-24-8-6-5-7-9-24)38(20-22-10-16-27(35)28(36)18-22)32(40)21-39(25-13-11-23(34)12-14-25)46(42,43)26-15-17-30(44-2)31(19-26)45-3/h10-19,24,29H,4-9,20-21H2,1-3H3,(H,37,41). The van der Waals surface area contributed by atoms with Crippen LogP contribution in [0.15, 0.2) is 65.6 Å². The van der Waals surface area contributed by atoms with Crippen LogP contribution in [0.4, 0.5) is 5.69 Å². The molecule has 0 saturated heterocycles. The first-order valence-corrected chi connectivity index (χ1v) is 17.6. The number of ether oxygens (including phenoxy) is 2. The van der Waals surface area contributed by atoms with Gasteiger partial charge in [0.2, 0.25) is 11.8 Å². The molecule has 0 radical (unpaired) electrons. The fourth-order valence-electron chi connectivity index (χ4n) is 5.54. The van der Waals surface area contributed by atoms with E-state index < -0.39 is 28.5 Å². The number of hydrogen-bond acceptors (Lipinski definition) is 6. The molecule has 1 N–H and O–H groups in total. The van der Waals surface area contributed by atoms with E-state index in [1.165, 1.54) is 49.5 Å². The molecule has 248 valence electrons. The van der Waals surface area contributed by atoms with Gasteiger partial charge in [0.25, 0.3) is 10.0 Å². The van der Waals surface area contributed by atoms with Crippen LogP contribution in [0.25, 0.3) is 0 Å². The molecule has 9 nitrogen and oxygen atoms in total. The fourth-order valence-corrected chi connectivity index (χ4v) is 7.42. The van der Waals surface area contributed by atoms with Crippen molar-refractivity contribution in [1.82, 2.24) is 10.2 Å². The molecule has 13 heteroatoms. The summed E-state index contributed by atoms with van der Waals surface area (Å²) in [5.74, 6) is -0.324. The highest BCUT2D eigenvalue weighted by molar-refractivity contribution is 7.92. The summed E-state index contributed by atoms with van der Waals surface area (Å²) in [4.78, 5) is 29.4. The lowest BCUT2D eigenvalue weighted by atomic mass is 9.95. The molecule has 0 aromatic heterocycles. The van der Waals surface area contributed by atoms with E-state index in [1.807, 2.05) is 6.92 Å². The SMILES string of the molecule is CCC(C(=O)NC1CCCCC1)N(Cc1ccc(Cl)c(Cl)c1)C(=O)CN(c1ccc(Cl)cc1)S(=O)(=O)c1ccc(OC)c(OC)c1. The number of amides is 2. The number of benzene rings is 3. The minimum atomic E-state index is -4.35. The molecule has 0 aliphatic heterocycles. The average molecular weight is 711 g/mol. The van der Waals surface area contributed by atoms with Crippen LogP contribution in [-0.2, 0) is 26.2 Å². The van der Waals surface area contributed by atoms with Crippen LogP contribution >= 0.6 is 34.8 Å². The highest BCUT2D eigenvalue weighted by Crippen LogP contribution is 2.33. The van der Waals surface area contributed by atoms with Gasteiger partial charge in [0, 0.05) is 23.7 Å². The van der Waals surface area contributed by atoms with Gasteiger partial charge in [0.05, 0.1) is 34.8 Å². The van der Waals surface area contributed by atoms with E-state index in [1.54, 1.807) is 30.3 Å². The minimum Gasteiger partial charge on any atom is -0.493 e. The summed E-state index contributed by atoms with van der Waals surface area (Å²) in [5, 5.41) is 4.17. The van der Waals surface area contributed by atoms with Crippen LogP contribution in [-0.4, -0.2) is 58.0 Å². The smallest absolute Gasteiger partial charge is 0.264 e. The summed E-state index contributed by atoms with van der Waals surface area (Å²) >= 11 is 18.6. The van der Waals surface area contributed by atoms with Crippen molar-refractivity contribution in [1.29, 1.82) is 0 Å². The van der Waals surface area contributed by atoms with E-state index in [0.29, 0.717) is 32.8 Å². The van der Waals surface area contributed by atoms with Gasteiger partial charge < -0.3 is 19.7 Å². The van der Waals surface area contributed by atoms with Crippen molar-refractivity contribution >= 4 is 62.3 Å². The lowest BCUT2D eigenvalue weighted by molar-refractivity contribution is -0.140. The van der Waals surface area contributed by atoms with Gasteiger partial charge >= 0.3 is 0 Å². The molecule has 1 atom stereocenters. The average Bonchev–Trinajstić information content (AvgIpc) is 3.05. The van der Waals surface area contributed by atoms with Crippen molar-refractivity contribution in [3.05, 3.63) is 81.3 Å². The molecule has 1 unspecified atom stereocenters. The minimum absolute atomic E-state index is 0.00280. The number of rotatable bonds is 13. The normalized spacial score (nSPS) is 14.3. The number of nitrogens with one attached hydrogen (secondary N) is 1. The molecule has 46 heavy (non-hydrogen) atoms. The summed E-state index contributed by atoms with van der Waals surface area (Å²) in [7, 11) is -1.50. The van der Waals surface area contributed by atoms with Crippen molar-refractivity contribution in [3.8, 4) is 11.5 Å². The predicted octanol–water partition coefficient (Wildman–Crippen LogP) is 7.12. The van der Waals surface area contributed by atoms with Crippen LogP contribution in [0.3, 0.4) is 0 Å². The van der Waals surface area contributed by atoms with Gasteiger partial charge in [0.15, 0.2) is 11.5 Å². The van der Waals surface area contributed by atoms with Crippen molar-refractivity contribution in [2.75, 3.05) is 25.1 Å². The molecule has 0 heterocycles. The molecular formula is C33H38Cl3N3O6S. The molecule has 4 rings (SSSR count). The first kappa shape index (κ1) is 35.7. The van der Waals surface area contributed by atoms with Gasteiger partial charge in [-0.2, -0.15) is 0 Å². The molecule has 3 aromatic carbocycles. The van der Waals surface area contributed by atoms with Gasteiger partial charge in [-0.15, -0.1) is 0 Å². The van der Waals surface area contributed by atoms with Crippen molar-refractivity contribution < 1.29 is 27.5 Å². The fraction of sp³-hybridized carbons (Fsp3) is 0.394. The molecule has 2 amide bonds. The maximum Gasteiger partial charge on any atom is 0.264 e. The zero-order chi connectivity index (χ0) is 33.4. The van der Waals surface area contributed by atoms with Crippen LogP contribution in [0.2, 0.25) is 15.1 Å². The quantitative estimate of drug-likeness (QED) is 0.203. The summed E-state index contributed by atoms with van der Waals surface area (Å²) in [6.45, 7) is 1.21. The van der Waals surface area contributed by atoms with Crippen molar-refractivity contribution in [2.24, 2.45) is 0 Å². The molecule has 0 bridgehead atoms. The van der Waals surface area contributed by atoms with Crippen molar-refractivity contribution in [2.45, 2.75) is 69.0 Å². The zero-order valence-corrected chi connectivity index (χ0v) is 29.1. The van der Waals surface area contributed by atoms with Gasteiger partial charge in [-0.3, -0.25) is 13.9 Å². The molecule has 0 spiro atoms. The predicted molar refractivity (Wildman–Crippen MR) is 182 cm³/mol. The summed E-state index contributed by atoms with van der Waals surface area (Å²) < 4.78 is 40.1. The summed E-state index contributed by atoms with van der Waals surface area (Å²) in [6, 6.07) is 14.4. The van der Waals surface area contributed by atoms with Crippen LogP contribution in [0.1, 0.15) is 51.0 Å². The monoisotopic (exact) mass is 709 g/mol. The third kappa shape index (κ3) is 8.59. The second-order valence-electron chi connectivity index (χ2n) is 11.0. The highest BCUT2D eigenvalue weighted by atomic mass is 35.5. The maximum absolute atomic E-state index is 14.4. The van der Waals surface area contributed by atoms with Gasteiger partial charge in [-0.25, -0.2) is 8.42 Å². The molecule has 1 saturated carbocycles. The van der Waals surface area contributed by atoms with Gasteiger partial charge in [0.1, 0.15) is 12.6 Å². The maximum atomic E-state index is 14.4. The van der Waals surface area contributed by atoms with Crippen LogP contribution < -0.4 is 19.1 Å². The third-order valence-electron chi connectivity index (χ3n) is 8.01. The third-order valence-corrected chi connectivity index (χ3v) is 10.8. The van der Waals surface area contributed by atoms with E-state index >= 15 is 0 Å². The number of sulfonamides is 1. The molecule has 1 aliphatic rings. The van der Waals surface area contributed by atoms with Crippen molar-refractivity contribution in [3.63, 3.8) is 0 Å². The summed E-state index contributed by atoms with van der Waals surface area (Å²) in [6.07, 6.45) is 5.22. The number of carbonyl (C=O) groups is 2. The molecule has 3 aromatic rings. The zero-order valence-electron chi connectivity index (χ0n) is 26.0. The van der Waals surface area contributed by atoms with E-state index in [0.717, 1.165) is 36.4 Å². The number of nitrogens with zero attached hydrogens (tertiary/aromatic N) is 2. The Kier molecular flexibility index (Phi) is 12.5. The van der Waals surface area contributed by atoms with Crippen LogP contribution in [0, 0.1) is 0 Å². The topological polar surface area (TPSA) is 105 Å². The van der Waals surface area contributed by atoms with Gasteiger partial charge in [-0.05, 0) is 73.4 Å². The number of halogens is 3. The first-order chi connectivity index (χ1) is 22.0. The highest BCUT2D eigenvalue weighted by Gasteiger charge is 2.35. The molecule has 1 fully saturated rings. The van der Waals surface area contributed by atoms with E-state index in [4.69, 9.17) is 44.3 Å². The number of methoxy groups -OCH3 is 2. The Morgan fingerprint density at radius 3 is 2.17 bits per heavy atom. The Bertz CT molecular complexity index is 1630. The number of anilines is 1. The lowest BCUT2D eigenvalue weighted by Gasteiger charge is -2.34. The largest absolute Gasteiger partial charge is 0.493 e. The molecule has 1 aliphatic carbocycles. The Hall–Kier alpha value is -3.18. The van der Waals surface area contributed by atoms with E-state index in [2.05, 4.69) is 5.32 Å². The second kappa shape index (κ2) is 16.1. The second-order valence-corrected chi connectivity index (χ2v) is 14.2. The Labute approximate surface area is 285 Å². The Balaban J connectivity index is 1.74. The Morgan fingerprint density at radius 2 is 1.57 bits per heavy atom. The number of carbonyl (C=O) groups excluding carboxylic acids is 2. The number of hydrogen-bond donors (Lipinski definition) is 1. The van der Waals surface area contributed by atoms with E-state index in [9.17, 15) is 18.0 Å². The lowest BCUT2D eigenvalue weighted by Crippen LogP contribution is -2.54. The summed E-state index contributed by atoms with van der Waals surface area (Å²) in [5.41, 5.74) is 0.842. The first-order valence-electron chi connectivity index (χ1n) is 15.0. The Morgan fingerprint density at radius 1 is 0.891 bits per heavy atom. The van der Waals surface area contributed by atoms with Crippen LogP contribution in [0.5, 0.6) is 11.5 Å². The van der Waals surface area contributed by atoms with Gasteiger partial charge in [-0.1, -0.05) is 67.1 Å². The van der Waals surface area contributed by atoms with E-state index in [-0.39, 0.29) is 34.8 Å².